The number of rotatable bonds is 3. The Balaban J connectivity index is 2.20. The maximum absolute atomic E-state index is 12.3. The minimum atomic E-state index is -0.941. The van der Waals surface area contributed by atoms with Crippen LogP contribution < -0.4 is 0 Å². The van der Waals surface area contributed by atoms with Crippen molar-refractivity contribution >= 4 is 11.9 Å². The van der Waals surface area contributed by atoms with Crippen LogP contribution in [0, 0.1) is 0 Å². The molecule has 0 aromatic heterocycles. The van der Waals surface area contributed by atoms with Crippen molar-refractivity contribution in [3.8, 4) is 11.5 Å². The number of carbonyl (C=O) groups excluding carboxylic acids is 1. The SMILES string of the molecule is O=C(O)CC1CCCN1C(=O)c1cc(O)cc(O)c1. The molecule has 1 aliphatic heterocycles. The number of phenols is 2. The number of carboxylic acid groups (broad SMARTS) is 1. The van der Waals surface area contributed by atoms with Crippen LogP contribution in [-0.2, 0) is 4.79 Å². The van der Waals surface area contributed by atoms with Gasteiger partial charge in [-0.2, -0.15) is 0 Å². The van der Waals surface area contributed by atoms with Crippen LogP contribution in [0.3, 0.4) is 0 Å². The lowest BCUT2D eigenvalue weighted by molar-refractivity contribution is -0.137. The molecule has 2 rings (SSSR count). The van der Waals surface area contributed by atoms with Gasteiger partial charge in [-0.15, -0.1) is 0 Å². The highest BCUT2D eigenvalue weighted by Gasteiger charge is 2.31. The summed E-state index contributed by atoms with van der Waals surface area (Å²) < 4.78 is 0. The molecule has 102 valence electrons. The van der Waals surface area contributed by atoms with Crippen molar-refractivity contribution in [2.45, 2.75) is 25.3 Å². The van der Waals surface area contributed by atoms with Crippen molar-refractivity contribution in [2.75, 3.05) is 6.54 Å². The molecule has 0 radical (unpaired) electrons. The first kappa shape index (κ1) is 13.2. The average Bonchev–Trinajstić information content (AvgIpc) is 2.73. The van der Waals surface area contributed by atoms with Crippen LogP contribution in [0.1, 0.15) is 29.6 Å². The van der Waals surface area contributed by atoms with Gasteiger partial charge >= 0.3 is 5.97 Å². The third-order valence-electron chi connectivity index (χ3n) is 3.20. The molecule has 6 heteroatoms. The minimum Gasteiger partial charge on any atom is -0.508 e. The second-order valence-electron chi connectivity index (χ2n) is 4.63. The van der Waals surface area contributed by atoms with E-state index in [2.05, 4.69) is 0 Å². The van der Waals surface area contributed by atoms with Crippen LogP contribution in [0.25, 0.3) is 0 Å². The summed E-state index contributed by atoms with van der Waals surface area (Å²) in [6.07, 6.45) is 1.33. The van der Waals surface area contributed by atoms with Crippen molar-refractivity contribution in [2.24, 2.45) is 0 Å². The fourth-order valence-electron chi connectivity index (χ4n) is 2.40. The summed E-state index contributed by atoms with van der Waals surface area (Å²) in [5.41, 5.74) is 0.162. The van der Waals surface area contributed by atoms with Gasteiger partial charge in [0.05, 0.1) is 6.42 Å². The summed E-state index contributed by atoms with van der Waals surface area (Å²) in [4.78, 5) is 24.5. The molecule has 0 aliphatic carbocycles. The van der Waals surface area contributed by atoms with E-state index >= 15 is 0 Å². The van der Waals surface area contributed by atoms with Gasteiger partial charge in [0, 0.05) is 24.2 Å². The topological polar surface area (TPSA) is 98.1 Å². The Hall–Kier alpha value is -2.24. The normalized spacial score (nSPS) is 18.5. The fraction of sp³-hybridized carbons (Fsp3) is 0.385. The molecule has 1 aromatic rings. The lowest BCUT2D eigenvalue weighted by atomic mass is 10.1. The van der Waals surface area contributed by atoms with Gasteiger partial charge in [0.15, 0.2) is 0 Å². The lowest BCUT2D eigenvalue weighted by Crippen LogP contribution is -2.36. The number of likely N-dealkylation sites (tertiary alicyclic amines) is 1. The van der Waals surface area contributed by atoms with Gasteiger partial charge in [0.1, 0.15) is 11.5 Å². The standard InChI is InChI=1S/C13H15NO5/c15-10-4-8(5-11(16)7-10)13(19)14-3-1-2-9(14)6-12(17)18/h4-5,7,9,15-16H,1-3,6H2,(H,17,18). The molecule has 6 nitrogen and oxygen atoms in total. The summed E-state index contributed by atoms with van der Waals surface area (Å²) in [7, 11) is 0. The predicted molar refractivity (Wildman–Crippen MR) is 66.1 cm³/mol. The van der Waals surface area contributed by atoms with Crippen molar-refractivity contribution in [1.29, 1.82) is 0 Å². The molecule has 0 spiro atoms. The van der Waals surface area contributed by atoms with Crippen LogP contribution in [-0.4, -0.2) is 44.7 Å². The first-order valence-electron chi connectivity index (χ1n) is 6.03. The number of benzene rings is 1. The van der Waals surface area contributed by atoms with Gasteiger partial charge in [-0.1, -0.05) is 0 Å². The molecule has 0 saturated carbocycles. The molecule has 1 saturated heterocycles. The Morgan fingerprint density at radius 2 is 1.84 bits per heavy atom. The second kappa shape index (κ2) is 5.17. The van der Waals surface area contributed by atoms with Crippen molar-refractivity contribution in [1.82, 2.24) is 4.90 Å². The van der Waals surface area contributed by atoms with E-state index in [0.29, 0.717) is 13.0 Å². The Kier molecular flexibility index (Phi) is 3.59. The van der Waals surface area contributed by atoms with Gasteiger partial charge in [-0.05, 0) is 25.0 Å². The van der Waals surface area contributed by atoms with E-state index in [1.54, 1.807) is 0 Å². The number of amides is 1. The van der Waals surface area contributed by atoms with E-state index in [1.165, 1.54) is 17.0 Å². The van der Waals surface area contributed by atoms with Crippen LogP contribution in [0.4, 0.5) is 0 Å². The Morgan fingerprint density at radius 1 is 1.21 bits per heavy atom. The molecule has 1 aliphatic rings. The molecule has 1 fully saturated rings. The Labute approximate surface area is 109 Å². The van der Waals surface area contributed by atoms with Gasteiger partial charge in [-0.3, -0.25) is 9.59 Å². The zero-order chi connectivity index (χ0) is 14.0. The molecule has 1 aromatic carbocycles. The summed E-state index contributed by atoms with van der Waals surface area (Å²) in [6, 6.07) is 3.33. The number of carboxylic acids is 1. The van der Waals surface area contributed by atoms with E-state index in [4.69, 9.17) is 5.11 Å². The molecule has 19 heavy (non-hydrogen) atoms. The number of nitrogens with zero attached hydrogens (tertiary/aromatic N) is 1. The maximum atomic E-state index is 12.3. The number of carbonyl (C=O) groups is 2. The van der Waals surface area contributed by atoms with Crippen LogP contribution >= 0.6 is 0 Å². The van der Waals surface area contributed by atoms with Gasteiger partial charge < -0.3 is 20.2 Å². The summed E-state index contributed by atoms with van der Waals surface area (Å²) in [6.45, 7) is 0.493. The van der Waals surface area contributed by atoms with Crippen LogP contribution in [0.2, 0.25) is 0 Å². The molecule has 1 unspecified atom stereocenters. The number of aromatic hydroxyl groups is 2. The average molecular weight is 265 g/mol. The van der Waals surface area contributed by atoms with Gasteiger partial charge in [0.2, 0.25) is 0 Å². The highest BCUT2D eigenvalue weighted by molar-refractivity contribution is 5.95. The molecular weight excluding hydrogens is 250 g/mol. The third-order valence-corrected chi connectivity index (χ3v) is 3.20. The first-order valence-corrected chi connectivity index (χ1v) is 6.03. The Morgan fingerprint density at radius 3 is 2.42 bits per heavy atom. The lowest BCUT2D eigenvalue weighted by Gasteiger charge is -2.23. The number of phenolic OH excluding ortho intramolecular Hbond substituents is 2. The molecule has 1 atom stereocenters. The van der Waals surface area contributed by atoms with E-state index in [0.717, 1.165) is 12.5 Å². The minimum absolute atomic E-state index is 0.0868. The highest BCUT2D eigenvalue weighted by Crippen LogP contribution is 2.26. The predicted octanol–water partition coefficient (Wildman–Crippen LogP) is 1.18. The Bertz CT molecular complexity index is 494. The molecular formula is C13H15NO5. The van der Waals surface area contributed by atoms with Gasteiger partial charge in [-0.25, -0.2) is 0 Å². The summed E-state index contributed by atoms with van der Waals surface area (Å²) in [5, 5.41) is 27.6. The fourth-order valence-corrected chi connectivity index (χ4v) is 2.40. The number of hydrogen-bond acceptors (Lipinski definition) is 4. The van der Waals surface area contributed by atoms with Crippen LogP contribution in [0.15, 0.2) is 18.2 Å². The quantitative estimate of drug-likeness (QED) is 0.762. The maximum Gasteiger partial charge on any atom is 0.305 e. The van der Waals surface area contributed by atoms with Crippen molar-refractivity contribution < 1.29 is 24.9 Å². The monoisotopic (exact) mass is 265 g/mol. The van der Waals surface area contributed by atoms with E-state index in [9.17, 15) is 19.8 Å². The number of aliphatic carboxylic acids is 1. The van der Waals surface area contributed by atoms with E-state index in [1.807, 2.05) is 0 Å². The third kappa shape index (κ3) is 2.96. The van der Waals surface area contributed by atoms with Gasteiger partial charge in [0.25, 0.3) is 5.91 Å². The first-order chi connectivity index (χ1) is 8.97. The highest BCUT2D eigenvalue weighted by atomic mass is 16.4. The second-order valence-corrected chi connectivity index (χ2v) is 4.63. The zero-order valence-electron chi connectivity index (χ0n) is 10.2. The molecule has 3 N–H and O–H groups in total. The molecule has 1 heterocycles. The summed E-state index contributed by atoms with van der Waals surface area (Å²) >= 11 is 0. The summed E-state index contributed by atoms with van der Waals surface area (Å²) in [5.74, 6) is -1.70. The van der Waals surface area contributed by atoms with Crippen molar-refractivity contribution in [3.05, 3.63) is 23.8 Å². The van der Waals surface area contributed by atoms with E-state index in [-0.39, 0.29) is 35.4 Å². The van der Waals surface area contributed by atoms with Crippen molar-refractivity contribution in [3.63, 3.8) is 0 Å². The smallest absolute Gasteiger partial charge is 0.305 e. The van der Waals surface area contributed by atoms with Crippen LogP contribution in [0.5, 0.6) is 11.5 Å². The van der Waals surface area contributed by atoms with E-state index < -0.39 is 5.97 Å². The molecule has 0 bridgehead atoms. The zero-order valence-corrected chi connectivity index (χ0v) is 10.2. The largest absolute Gasteiger partial charge is 0.508 e. The molecule has 1 amide bonds. The number of hydrogen-bond donors (Lipinski definition) is 3.